The second kappa shape index (κ2) is 12.4. The minimum Gasteiger partial charge on any atom is -0.488 e. The molecule has 1 heterocycles. The van der Waals surface area contributed by atoms with Crippen LogP contribution in [-0.2, 0) is 22.4 Å². The zero-order valence-electron chi connectivity index (χ0n) is 19.4. The topological polar surface area (TPSA) is 64.4 Å². The maximum atomic E-state index is 12.6. The fourth-order valence-corrected chi connectivity index (χ4v) is 3.32. The monoisotopic (exact) mass is 477 g/mol. The first-order chi connectivity index (χ1) is 16.3. The van der Waals surface area contributed by atoms with E-state index in [1.165, 1.54) is 12.1 Å². The van der Waals surface area contributed by atoms with Crippen molar-refractivity contribution in [2.45, 2.75) is 39.5 Å². The normalized spacial score (nSPS) is 15.8. The Kier molecular flexibility index (Phi) is 9.33. The molecule has 1 saturated heterocycles. The van der Waals surface area contributed by atoms with Gasteiger partial charge in [0.15, 0.2) is 0 Å². The van der Waals surface area contributed by atoms with E-state index in [1.54, 1.807) is 6.92 Å². The van der Waals surface area contributed by atoms with Gasteiger partial charge in [-0.15, -0.1) is 0 Å². The fourth-order valence-electron chi connectivity index (χ4n) is 3.32. The molecule has 0 aromatic heterocycles. The first kappa shape index (κ1) is 25.6. The highest BCUT2D eigenvalue weighted by molar-refractivity contribution is 5.98. The third-order valence-corrected chi connectivity index (χ3v) is 5.42. The molecule has 0 aliphatic carbocycles. The van der Waals surface area contributed by atoms with Crippen LogP contribution in [0.3, 0.4) is 0 Å². The van der Waals surface area contributed by atoms with E-state index in [2.05, 4.69) is 15.7 Å². The van der Waals surface area contributed by atoms with E-state index in [4.69, 9.17) is 14.3 Å². The van der Waals surface area contributed by atoms with Crippen molar-refractivity contribution in [3.05, 3.63) is 65.2 Å². The maximum absolute atomic E-state index is 12.6. The summed E-state index contributed by atoms with van der Waals surface area (Å²) in [4.78, 5) is 5.30. The molecule has 0 spiro atoms. The summed E-state index contributed by atoms with van der Waals surface area (Å²) in [6.45, 7) is 6.66. The summed E-state index contributed by atoms with van der Waals surface area (Å²) in [6, 6.07) is 12.2. The van der Waals surface area contributed by atoms with Crippen molar-refractivity contribution in [3.8, 4) is 5.75 Å². The number of nitrogens with one attached hydrogen (secondary N) is 1. The lowest BCUT2D eigenvalue weighted by Gasteiger charge is -2.21. The van der Waals surface area contributed by atoms with Crippen LogP contribution in [-0.4, -0.2) is 37.8 Å². The average Bonchev–Trinajstić information content (AvgIpc) is 2.83. The van der Waals surface area contributed by atoms with E-state index in [0.29, 0.717) is 29.5 Å². The highest BCUT2D eigenvalue weighted by atomic mass is 19.4. The summed E-state index contributed by atoms with van der Waals surface area (Å²) in [5, 5.41) is 8.42. The number of benzene rings is 2. The first-order valence-electron chi connectivity index (χ1n) is 11.2. The molecule has 2 aromatic carbocycles. The van der Waals surface area contributed by atoms with Crippen LogP contribution in [0.5, 0.6) is 5.75 Å². The molecule has 1 N–H and O–H groups in total. The van der Waals surface area contributed by atoms with Crippen molar-refractivity contribution < 1.29 is 27.5 Å². The number of ether oxygens (including phenoxy) is 2. The van der Waals surface area contributed by atoms with Crippen LogP contribution in [0.25, 0.3) is 0 Å². The second-order valence-electron chi connectivity index (χ2n) is 8.22. The van der Waals surface area contributed by atoms with Gasteiger partial charge in [-0.2, -0.15) is 18.3 Å². The Morgan fingerprint density at radius 3 is 2.35 bits per heavy atom. The molecule has 34 heavy (non-hydrogen) atoms. The number of hydrogen-bond acceptors (Lipinski definition) is 6. The molecule has 9 heteroatoms. The molecule has 0 bridgehead atoms. The molecular weight excluding hydrogens is 447 g/mol. The van der Waals surface area contributed by atoms with Gasteiger partial charge in [0.05, 0.1) is 17.0 Å². The lowest BCUT2D eigenvalue weighted by atomic mass is 10.0. The van der Waals surface area contributed by atoms with E-state index in [0.717, 1.165) is 56.0 Å². The van der Waals surface area contributed by atoms with Gasteiger partial charge < -0.3 is 19.7 Å². The van der Waals surface area contributed by atoms with Gasteiger partial charge in [0, 0.05) is 19.8 Å². The number of rotatable bonds is 10. The highest BCUT2D eigenvalue weighted by Gasteiger charge is 2.29. The molecule has 0 radical (unpaired) electrons. The van der Waals surface area contributed by atoms with E-state index in [9.17, 15) is 13.2 Å². The van der Waals surface area contributed by atoms with E-state index in [-0.39, 0.29) is 6.61 Å². The molecule has 0 amide bonds. The Labute approximate surface area is 197 Å². The summed E-state index contributed by atoms with van der Waals surface area (Å²) >= 11 is 0. The van der Waals surface area contributed by atoms with Gasteiger partial charge in [-0.1, -0.05) is 17.3 Å². The number of oxime groups is 1. The average molecular weight is 478 g/mol. The van der Waals surface area contributed by atoms with Crippen molar-refractivity contribution in [1.82, 2.24) is 5.43 Å². The number of nitrogens with zero attached hydrogens (tertiary/aromatic N) is 2. The van der Waals surface area contributed by atoms with Gasteiger partial charge in [-0.25, -0.2) is 0 Å². The van der Waals surface area contributed by atoms with Crippen LogP contribution < -0.4 is 10.2 Å². The smallest absolute Gasteiger partial charge is 0.416 e. The predicted molar refractivity (Wildman–Crippen MR) is 125 cm³/mol. The SMILES string of the molecule is C/C(COc1ccc(/C(C)=N/OCc2ccc(C(F)(F)F)cc2)cc1)=N\NCC1CCOCC1. The van der Waals surface area contributed by atoms with E-state index >= 15 is 0 Å². The lowest BCUT2D eigenvalue weighted by Crippen LogP contribution is -2.26. The highest BCUT2D eigenvalue weighted by Crippen LogP contribution is 2.29. The molecule has 1 fully saturated rings. The molecule has 1 aliphatic rings. The second-order valence-corrected chi connectivity index (χ2v) is 8.22. The van der Waals surface area contributed by atoms with Crippen LogP contribution in [0.2, 0.25) is 0 Å². The van der Waals surface area contributed by atoms with Crippen LogP contribution in [0.4, 0.5) is 13.2 Å². The van der Waals surface area contributed by atoms with Crippen molar-refractivity contribution in [2.75, 3.05) is 26.4 Å². The summed E-state index contributed by atoms with van der Waals surface area (Å²) in [5.41, 5.74) is 5.39. The van der Waals surface area contributed by atoms with Gasteiger partial charge in [0.25, 0.3) is 0 Å². The van der Waals surface area contributed by atoms with Gasteiger partial charge in [-0.05, 0) is 80.1 Å². The number of alkyl halides is 3. The lowest BCUT2D eigenvalue weighted by molar-refractivity contribution is -0.137. The number of halogens is 3. The number of hydrogen-bond donors (Lipinski definition) is 1. The Morgan fingerprint density at radius 2 is 1.71 bits per heavy atom. The molecular formula is C25H30F3N3O3. The Balaban J connectivity index is 1.41. The summed E-state index contributed by atoms with van der Waals surface area (Å²) < 4.78 is 49.0. The van der Waals surface area contributed by atoms with Gasteiger partial charge in [-0.3, -0.25) is 0 Å². The zero-order chi connectivity index (χ0) is 24.4. The Morgan fingerprint density at radius 1 is 1.03 bits per heavy atom. The summed E-state index contributed by atoms with van der Waals surface area (Å²) in [5.74, 6) is 1.31. The molecule has 6 nitrogen and oxygen atoms in total. The van der Waals surface area contributed by atoms with Crippen molar-refractivity contribution in [2.24, 2.45) is 16.2 Å². The maximum Gasteiger partial charge on any atom is 0.416 e. The standard InChI is InChI=1S/C25H30F3N3O3/c1-18(30-29-15-20-11-13-32-14-12-20)16-33-24-9-5-22(6-10-24)19(2)31-34-17-21-3-7-23(8-4-21)25(26,27)28/h3-10,20,29H,11-17H2,1-2H3/b30-18+,31-19+. The predicted octanol–water partition coefficient (Wildman–Crippen LogP) is 5.42. The molecule has 0 saturated carbocycles. The van der Waals surface area contributed by atoms with E-state index < -0.39 is 11.7 Å². The Hall–Kier alpha value is -3.07. The van der Waals surface area contributed by atoms with Gasteiger partial charge in [0.1, 0.15) is 19.0 Å². The summed E-state index contributed by atoms with van der Waals surface area (Å²) in [7, 11) is 0. The molecule has 0 atom stereocenters. The molecule has 2 aromatic rings. The third-order valence-electron chi connectivity index (χ3n) is 5.42. The van der Waals surface area contributed by atoms with Gasteiger partial charge >= 0.3 is 6.18 Å². The fraction of sp³-hybridized carbons (Fsp3) is 0.440. The van der Waals surface area contributed by atoms with Crippen molar-refractivity contribution >= 4 is 11.4 Å². The van der Waals surface area contributed by atoms with Crippen LogP contribution in [0.1, 0.15) is 43.4 Å². The van der Waals surface area contributed by atoms with Gasteiger partial charge in [0.2, 0.25) is 0 Å². The first-order valence-corrected chi connectivity index (χ1v) is 11.2. The minimum absolute atomic E-state index is 0.0812. The number of hydrazone groups is 1. The minimum atomic E-state index is -4.35. The van der Waals surface area contributed by atoms with Crippen LogP contribution >= 0.6 is 0 Å². The van der Waals surface area contributed by atoms with Crippen LogP contribution in [0, 0.1) is 5.92 Å². The largest absolute Gasteiger partial charge is 0.488 e. The molecule has 0 unspecified atom stereocenters. The summed E-state index contributed by atoms with van der Waals surface area (Å²) in [6.07, 6.45) is -2.22. The third kappa shape index (κ3) is 8.37. The molecule has 184 valence electrons. The molecule has 3 rings (SSSR count). The molecule has 1 aliphatic heterocycles. The zero-order valence-corrected chi connectivity index (χ0v) is 19.4. The Bertz CT molecular complexity index is 952. The van der Waals surface area contributed by atoms with Crippen molar-refractivity contribution in [3.63, 3.8) is 0 Å². The van der Waals surface area contributed by atoms with E-state index in [1.807, 2.05) is 31.2 Å². The van der Waals surface area contributed by atoms with Crippen molar-refractivity contribution in [1.29, 1.82) is 0 Å². The van der Waals surface area contributed by atoms with Crippen LogP contribution in [0.15, 0.2) is 58.8 Å². The quantitative estimate of drug-likeness (QED) is 0.367.